The molecule has 33 heavy (non-hydrogen) atoms. The van der Waals surface area contributed by atoms with Crippen LogP contribution in [0.4, 0.5) is 0 Å². The fourth-order valence-electron chi connectivity index (χ4n) is 7.02. The van der Waals surface area contributed by atoms with Gasteiger partial charge in [0.05, 0.1) is 29.5 Å². The van der Waals surface area contributed by atoms with E-state index >= 15 is 0 Å². The normalized spacial score (nSPS) is 29.6. The largest absolute Gasteiger partial charge is 0.345 e. The quantitative estimate of drug-likeness (QED) is 0.706. The molecule has 2 saturated heterocycles. The Kier molecular flexibility index (Phi) is 6.60. The molecule has 5 rings (SSSR count). The lowest BCUT2D eigenvalue weighted by Crippen LogP contribution is -2.91. The first-order valence-corrected chi connectivity index (χ1v) is 13.8. The maximum absolute atomic E-state index is 14.4. The summed E-state index contributed by atoms with van der Waals surface area (Å²) in [7, 11) is 0. The van der Waals surface area contributed by atoms with Crippen molar-refractivity contribution in [3.8, 4) is 0 Å². The first-order chi connectivity index (χ1) is 16.1. The second kappa shape index (κ2) is 9.47. The predicted octanol–water partition coefficient (Wildman–Crippen LogP) is 2.17. The van der Waals surface area contributed by atoms with Crippen LogP contribution in [-0.4, -0.2) is 48.0 Å². The van der Waals surface area contributed by atoms with Gasteiger partial charge in [-0.2, -0.15) is 0 Å². The minimum absolute atomic E-state index is 0.0503. The van der Waals surface area contributed by atoms with E-state index in [0.717, 1.165) is 63.4 Å². The third-order valence-corrected chi connectivity index (χ3v) is 10.0. The highest BCUT2D eigenvalue weighted by Crippen LogP contribution is 2.43. The molecule has 4 heterocycles. The van der Waals surface area contributed by atoms with Crippen LogP contribution < -0.4 is 10.6 Å². The summed E-state index contributed by atoms with van der Waals surface area (Å²) in [5.41, 5.74) is 2.62. The highest BCUT2D eigenvalue weighted by molar-refractivity contribution is 7.11. The fourth-order valence-corrected chi connectivity index (χ4v) is 8.23. The van der Waals surface area contributed by atoms with Gasteiger partial charge < -0.3 is 15.5 Å². The number of carbonyl (C=O) groups is 1. The van der Waals surface area contributed by atoms with Gasteiger partial charge in [-0.05, 0) is 37.2 Å². The highest BCUT2D eigenvalue weighted by Gasteiger charge is 2.58. The van der Waals surface area contributed by atoms with Gasteiger partial charge in [0.1, 0.15) is 23.6 Å². The lowest BCUT2D eigenvalue weighted by molar-refractivity contribution is -0.691. The van der Waals surface area contributed by atoms with E-state index in [1.54, 1.807) is 0 Å². The van der Waals surface area contributed by atoms with Crippen molar-refractivity contribution >= 4 is 17.2 Å². The molecule has 1 aromatic heterocycles. The number of likely N-dealkylation sites (tertiary alicyclic amines) is 1. The lowest BCUT2D eigenvalue weighted by Gasteiger charge is -2.45. The molecule has 0 aliphatic carbocycles. The molecule has 1 aromatic carbocycles. The summed E-state index contributed by atoms with van der Waals surface area (Å²) in [6.45, 7) is 11.5. The van der Waals surface area contributed by atoms with Crippen LogP contribution in [0.3, 0.4) is 0 Å². The Labute approximate surface area is 202 Å². The van der Waals surface area contributed by atoms with Crippen LogP contribution in [-0.2, 0) is 16.8 Å². The summed E-state index contributed by atoms with van der Waals surface area (Å²) < 4.78 is 0. The average Bonchev–Trinajstić information content (AvgIpc) is 3.44. The van der Waals surface area contributed by atoms with Crippen molar-refractivity contribution < 1.29 is 15.4 Å². The number of carbonyl (C=O) groups excluding carboxylic acids is 1. The molecule has 5 nitrogen and oxygen atoms in total. The maximum Gasteiger partial charge on any atom is 0.233 e. The van der Waals surface area contributed by atoms with Crippen LogP contribution in [0.15, 0.2) is 30.3 Å². The van der Waals surface area contributed by atoms with Crippen LogP contribution in [0.1, 0.15) is 66.6 Å². The Morgan fingerprint density at radius 2 is 1.97 bits per heavy atom. The van der Waals surface area contributed by atoms with Crippen LogP contribution >= 0.6 is 11.3 Å². The van der Waals surface area contributed by atoms with Gasteiger partial charge in [-0.25, -0.2) is 4.98 Å². The molecular formula is C27H40N4OS+2. The standard InChI is InChI=1S/C27H38N4OS/c1-4-19(5-2)24-13-21(20-9-7-6-8-10-20)11-12-31(24)26(32)22-14-28-16-27(22)17-29-15-23-25(27)33-18(3)30-23/h6-10,19,21-22,24,28-29H,4-5,11-17H2,1-3H3/p+2/t21-,22+,24+,27+/m1/s1. The number of nitrogens with zero attached hydrogens (tertiary/aromatic N) is 2. The molecule has 6 heteroatoms. The molecule has 3 aliphatic heterocycles. The number of aromatic nitrogens is 1. The van der Waals surface area contributed by atoms with Crippen molar-refractivity contribution in [2.75, 3.05) is 26.2 Å². The summed E-state index contributed by atoms with van der Waals surface area (Å²) >= 11 is 1.85. The van der Waals surface area contributed by atoms with Gasteiger partial charge in [0.15, 0.2) is 0 Å². The van der Waals surface area contributed by atoms with E-state index in [9.17, 15) is 4.79 Å². The maximum atomic E-state index is 14.4. The van der Waals surface area contributed by atoms with E-state index in [1.807, 2.05) is 11.3 Å². The van der Waals surface area contributed by atoms with Gasteiger partial charge in [-0.15, -0.1) is 11.3 Å². The zero-order valence-electron chi connectivity index (χ0n) is 20.4. The van der Waals surface area contributed by atoms with Crippen molar-refractivity contribution in [1.82, 2.24) is 9.88 Å². The zero-order chi connectivity index (χ0) is 23.0. The summed E-state index contributed by atoms with van der Waals surface area (Å²) in [5, 5.41) is 5.93. The van der Waals surface area contributed by atoms with Gasteiger partial charge in [0.25, 0.3) is 0 Å². The average molecular weight is 469 g/mol. The number of rotatable bonds is 5. The van der Waals surface area contributed by atoms with E-state index in [4.69, 9.17) is 4.98 Å². The summed E-state index contributed by atoms with van der Waals surface area (Å²) in [5.74, 6) is 1.61. The third kappa shape index (κ3) is 4.04. The van der Waals surface area contributed by atoms with Crippen molar-refractivity contribution in [2.24, 2.45) is 11.8 Å². The van der Waals surface area contributed by atoms with Gasteiger partial charge in [-0.1, -0.05) is 57.0 Å². The summed E-state index contributed by atoms with van der Waals surface area (Å²) in [4.78, 5) is 22.9. The van der Waals surface area contributed by atoms with E-state index < -0.39 is 0 Å². The molecule has 0 saturated carbocycles. The Hall–Kier alpha value is -1.76. The van der Waals surface area contributed by atoms with E-state index in [-0.39, 0.29) is 11.3 Å². The molecule has 2 aromatic rings. The molecule has 1 spiro atoms. The molecule has 4 N–H and O–H groups in total. The van der Waals surface area contributed by atoms with Crippen LogP contribution in [0, 0.1) is 18.8 Å². The summed E-state index contributed by atoms with van der Waals surface area (Å²) in [6, 6.07) is 11.3. The third-order valence-electron chi connectivity index (χ3n) is 8.77. The Balaban J connectivity index is 1.44. The van der Waals surface area contributed by atoms with Crippen LogP contribution in [0.5, 0.6) is 0 Å². The van der Waals surface area contributed by atoms with E-state index in [1.165, 1.54) is 16.1 Å². The molecule has 178 valence electrons. The highest BCUT2D eigenvalue weighted by atomic mass is 32.1. The molecule has 1 amide bonds. The van der Waals surface area contributed by atoms with Gasteiger partial charge in [-0.3, -0.25) is 4.79 Å². The van der Waals surface area contributed by atoms with Crippen molar-refractivity contribution in [2.45, 2.75) is 70.4 Å². The number of amides is 1. The molecule has 0 radical (unpaired) electrons. The Morgan fingerprint density at radius 3 is 2.73 bits per heavy atom. The Morgan fingerprint density at radius 1 is 1.21 bits per heavy atom. The van der Waals surface area contributed by atoms with Crippen molar-refractivity contribution in [3.05, 3.63) is 51.5 Å². The van der Waals surface area contributed by atoms with E-state index in [2.05, 4.69) is 66.6 Å². The molecule has 0 unspecified atom stereocenters. The summed E-state index contributed by atoms with van der Waals surface area (Å²) in [6.07, 6.45) is 4.45. The first kappa shape index (κ1) is 23.0. The topological polar surface area (TPSA) is 66.4 Å². The number of aryl methyl sites for hydroxylation is 1. The smallest absolute Gasteiger partial charge is 0.233 e. The number of thiazole rings is 1. The first-order valence-electron chi connectivity index (χ1n) is 13.0. The number of nitrogens with two attached hydrogens (primary N) is 2. The molecular weight excluding hydrogens is 428 g/mol. The number of hydrogen-bond acceptors (Lipinski definition) is 3. The van der Waals surface area contributed by atoms with Gasteiger partial charge in [0, 0.05) is 12.6 Å². The number of quaternary nitrogens is 2. The van der Waals surface area contributed by atoms with Crippen molar-refractivity contribution in [1.29, 1.82) is 0 Å². The molecule has 0 bridgehead atoms. The second-order valence-corrected chi connectivity index (χ2v) is 11.7. The second-order valence-electron chi connectivity index (χ2n) is 10.5. The van der Waals surface area contributed by atoms with Crippen LogP contribution in [0.25, 0.3) is 0 Å². The predicted molar refractivity (Wildman–Crippen MR) is 132 cm³/mol. The number of benzene rings is 1. The SMILES string of the molecule is CCC(CC)[C@@H]1C[C@H](c2ccccc2)CCN1C(=O)[C@@H]1C[NH2+]C[C@]12C[NH2+]Cc1nc(C)sc12. The molecule has 2 fully saturated rings. The fraction of sp³-hybridized carbons (Fsp3) is 0.630. The zero-order valence-corrected chi connectivity index (χ0v) is 21.2. The Bertz CT molecular complexity index is 972. The molecule has 4 atom stereocenters. The lowest BCUT2D eigenvalue weighted by atomic mass is 9.72. The number of hydrogen-bond donors (Lipinski definition) is 2. The van der Waals surface area contributed by atoms with Crippen LogP contribution in [0.2, 0.25) is 0 Å². The van der Waals surface area contributed by atoms with Gasteiger partial charge in [0.2, 0.25) is 5.91 Å². The minimum atomic E-state index is -0.0503. The minimum Gasteiger partial charge on any atom is -0.345 e. The molecule has 3 aliphatic rings. The monoisotopic (exact) mass is 468 g/mol. The number of piperidine rings is 1. The number of fused-ring (bicyclic) bond motifs is 2. The van der Waals surface area contributed by atoms with Crippen molar-refractivity contribution in [3.63, 3.8) is 0 Å². The van der Waals surface area contributed by atoms with Gasteiger partial charge >= 0.3 is 0 Å². The van der Waals surface area contributed by atoms with E-state index in [0.29, 0.717) is 23.8 Å².